The molecule has 0 fully saturated rings. The van der Waals surface area contributed by atoms with E-state index in [0.717, 1.165) is 0 Å². The summed E-state index contributed by atoms with van der Waals surface area (Å²) >= 11 is 0. The number of amides is 1. The molecule has 2 aromatic rings. The Morgan fingerprint density at radius 1 is 1.22 bits per heavy atom. The third kappa shape index (κ3) is 5.18. The van der Waals surface area contributed by atoms with E-state index in [1.54, 1.807) is 31.4 Å². The van der Waals surface area contributed by atoms with Crippen molar-refractivity contribution in [3.8, 4) is 11.5 Å². The van der Waals surface area contributed by atoms with E-state index >= 15 is 0 Å². The van der Waals surface area contributed by atoms with E-state index in [-0.39, 0.29) is 24.4 Å². The number of hydrogen-bond acceptors (Lipinski definition) is 6. The van der Waals surface area contributed by atoms with E-state index in [0.29, 0.717) is 17.1 Å². The highest BCUT2D eigenvalue weighted by Crippen LogP contribution is 2.22. The van der Waals surface area contributed by atoms with Gasteiger partial charge in [-0.25, -0.2) is 0 Å². The molecular formula is C19H22N2O6. The molecule has 0 spiro atoms. The van der Waals surface area contributed by atoms with Crippen LogP contribution >= 0.6 is 0 Å². The average Bonchev–Trinajstić information content (AvgIpc) is 2.66. The molecule has 1 N–H and O–H groups in total. The number of carbonyl (C=O) groups is 1. The van der Waals surface area contributed by atoms with Crippen molar-refractivity contribution in [3.05, 3.63) is 63.7 Å². The van der Waals surface area contributed by atoms with E-state index in [1.165, 1.54) is 37.1 Å². The number of methoxy groups -OCH3 is 1. The number of aliphatic hydroxyl groups is 1. The van der Waals surface area contributed by atoms with E-state index in [2.05, 4.69) is 0 Å². The van der Waals surface area contributed by atoms with Crippen molar-refractivity contribution in [2.45, 2.75) is 13.0 Å². The molecular weight excluding hydrogens is 352 g/mol. The number of hydrogen-bond donors (Lipinski definition) is 1. The van der Waals surface area contributed by atoms with Crippen molar-refractivity contribution in [2.75, 3.05) is 27.3 Å². The number of nitro benzene ring substituents is 1. The standard InChI is InChI=1S/C19H22N2O6/c1-13-17(5-4-6-18(13)21(24)25)19(23)20(2)11-14(22)12-27-16-9-7-15(26-3)8-10-16/h4-10,14,22H,11-12H2,1-3H3/t14-/m1/s1. The summed E-state index contributed by atoms with van der Waals surface area (Å²) in [5.74, 6) is 0.860. The molecule has 27 heavy (non-hydrogen) atoms. The van der Waals surface area contributed by atoms with Crippen molar-refractivity contribution in [2.24, 2.45) is 0 Å². The minimum Gasteiger partial charge on any atom is -0.497 e. The van der Waals surface area contributed by atoms with Gasteiger partial charge in [0.1, 0.15) is 24.2 Å². The van der Waals surface area contributed by atoms with Crippen LogP contribution in [0.2, 0.25) is 0 Å². The fourth-order valence-electron chi connectivity index (χ4n) is 2.57. The van der Waals surface area contributed by atoms with E-state index < -0.39 is 16.9 Å². The van der Waals surface area contributed by atoms with Crippen LogP contribution in [0.5, 0.6) is 11.5 Å². The van der Waals surface area contributed by atoms with Gasteiger partial charge in [-0.15, -0.1) is 0 Å². The second-order valence-corrected chi connectivity index (χ2v) is 6.03. The molecule has 2 rings (SSSR count). The fourth-order valence-corrected chi connectivity index (χ4v) is 2.57. The van der Waals surface area contributed by atoms with Crippen LogP contribution in [0.15, 0.2) is 42.5 Å². The molecule has 0 saturated heterocycles. The van der Waals surface area contributed by atoms with E-state index in [4.69, 9.17) is 9.47 Å². The molecule has 0 unspecified atom stereocenters. The summed E-state index contributed by atoms with van der Waals surface area (Å²) in [5, 5.41) is 21.2. The monoisotopic (exact) mass is 374 g/mol. The van der Waals surface area contributed by atoms with Crippen LogP contribution in [0.25, 0.3) is 0 Å². The Morgan fingerprint density at radius 3 is 2.44 bits per heavy atom. The van der Waals surface area contributed by atoms with E-state index in [1.807, 2.05) is 0 Å². The van der Waals surface area contributed by atoms with Gasteiger partial charge < -0.3 is 19.5 Å². The van der Waals surface area contributed by atoms with Crippen LogP contribution in [-0.2, 0) is 0 Å². The highest BCUT2D eigenvalue weighted by Gasteiger charge is 2.22. The van der Waals surface area contributed by atoms with Crippen molar-refractivity contribution in [1.29, 1.82) is 0 Å². The van der Waals surface area contributed by atoms with Gasteiger partial charge in [0.25, 0.3) is 11.6 Å². The van der Waals surface area contributed by atoms with Crippen molar-refractivity contribution < 1.29 is 24.3 Å². The first-order chi connectivity index (χ1) is 12.8. The molecule has 1 amide bonds. The van der Waals surface area contributed by atoms with Gasteiger partial charge in [0.2, 0.25) is 0 Å². The largest absolute Gasteiger partial charge is 0.497 e. The summed E-state index contributed by atoms with van der Waals surface area (Å²) in [5.41, 5.74) is 0.413. The summed E-state index contributed by atoms with van der Waals surface area (Å²) in [4.78, 5) is 24.4. The van der Waals surface area contributed by atoms with Crippen LogP contribution in [0.3, 0.4) is 0 Å². The quantitative estimate of drug-likeness (QED) is 0.562. The van der Waals surface area contributed by atoms with Crippen LogP contribution in [0, 0.1) is 17.0 Å². The fraction of sp³-hybridized carbons (Fsp3) is 0.316. The van der Waals surface area contributed by atoms with Crippen molar-refractivity contribution in [3.63, 3.8) is 0 Å². The van der Waals surface area contributed by atoms with Gasteiger partial charge in [-0.05, 0) is 37.3 Å². The number of likely N-dealkylation sites (N-methyl/N-ethyl adjacent to an activating group) is 1. The number of aliphatic hydroxyl groups excluding tert-OH is 1. The Kier molecular flexibility index (Phi) is 6.73. The van der Waals surface area contributed by atoms with Gasteiger partial charge in [-0.2, -0.15) is 0 Å². The molecule has 0 radical (unpaired) electrons. The Bertz CT molecular complexity index is 806. The smallest absolute Gasteiger partial charge is 0.273 e. The number of nitro groups is 1. The molecule has 144 valence electrons. The maximum absolute atomic E-state index is 12.6. The number of rotatable bonds is 8. The molecule has 0 aromatic heterocycles. The molecule has 0 aliphatic carbocycles. The second-order valence-electron chi connectivity index (χ2n) is 6.03. The summed E-state index contributed by atoms with van der Waals surface area (Å²) in [7, 11) is 3.09. The Morgan fingerprint density at radius 2 is 1.85 bits per heavy atom. The SMILES string of the molecule is COc1ccc(OC[C@H](O)CN(C)C(=O)c2cccc([N+](=O)[O-])c2C)cc1. The number of carbonyl (C=O) groups excluding carboxylic acids is 1. The normalized spacial score (nSPS) is 11.6. The zero-order valence-corrected chi connectivity index (χ0v) is 15.4. The molecule has 1 atom stereocenters. The Balaban J connectivity index is 1.95. The maximum atomic E-state index is 12.6. The highest BCUT2D eigenvalue weighted by molar-refractivity contribution is 5.96. The van der Waals surface area contributed by atoms with Gasteiger partial charge in [0.15, 0.2) is 0 Å². The molecule has 2 aromatic carbocycles. The molecule has 8 nitrogen and oxygen atoms in total. The number of ether oxygens (including phenoxy) is 2. The zero-order valence-electron chi connectivity index (χ0n) is 15.4. The first-order valence-electron chi connectivity index (χ1n) is 8.28. The van der Waals surface area contributed by atoms with Gasteiger partial charge in [0.05, 0.1) is 12.0 Å². The first-order valence-corrected chi connectivity index (χ1v) is 8.28. The number of benzene rings is 2. The summed E-state index contributed by atoms with van der Waals surface area (Å²) < 4.78 is 10.6. The molecule has 8 heteroatoms. The highest BCUT2D eigenvalue weighted by atomic mass is 16.6. The first kappa shape index (κ1) is 20.2. The van der Waals surface area contributed by atoms with Crippen LogP contribution in [-0.4, -0.2) is 54.3 Å². The Labute approximate surface area is 157 Å². The van der Waals surface area contributed by atoms with Crippen LogP contribution < -0.4 is 9.47 Å². The predicted octanol–water partition coefficient (Wildman–Crippen LogP) is 2.42. The molecule has 0 bridgehead atoms. The minimum atomic E-state index is -0.917. The number of nitrogens with zero attached hydrogens (tertiary/aromatic N) is 2. The van der Waals surface area contributed by atoms with Crippen molar-refractivity contribution >= 4 is 11.6 Å². The van der Waals surface area contributed by atoms with Gasteiger partial charge in [0, 0.05) is 30.8 Å². The molecule has 0 heterocycles. The lowest BCUT2D eigenvalue weighted by atomic mass is 10.1. The van der Waals surface area contributed by atoms with E-state index in [9.17, 15) is 20.0 Å². The predicted molar refractivity (Wildman–Crippen MR) is 99.3 cm³/mol. The molecule has 0 aliphatic rings. The maximum Gasteiger partial charge on any atom is 0.273 e. The van der Waals surface area contributed by atoms with Crippen molar-refractivity contribution in [1.82, 2.24) is 4.90 Å². The lowest BCUT2D eigenvalue weighted by molar-refractivity contribution is -0.385. The van der Waals surface area contributed by atoms with Crippen LogP contribution in [0.1, 0.15) is 15.9 Å². The van der Waals surface area contributed by atoms with Gasteiger partial charge in [-0.1, -0.05) is 6.07 Å². The molecule has 0 aliphatic heterocycles. The third-order valence-corrected chi connectivity index (χ3v) is 4.07. The average molecular weight is 374 g/mol. The Hall–Kier alpha value is -3.13. The lowest BCUT2D eigenvalue weighted by Gasteiger charge is -2.22. The summed E-state index contributed by atoms with van der Waals surface area (Å²) in [6.45, 7) is 1.55. The topological polar surface area (TPSA) is 102 Å². The minimum absolute atomic E-state index is 0.00211. The second kappa shape index (κ2) is 9.00. The zero-order chi connectivity index (χ0) is 20.0. The summed E-state index contributed by atoms with van der Waals surface area (Å²) in [6, 6.07) is 11.3. The van der Waals surface area contributed by atoms with Crippen LogP contribution in [0.4, 0.5) is 5.69 Å². The third-order valence-electron chi connectivity index (χ3n) is 4.07. The lowest BCUT2D eigenvalue weighted by Crippen LogP contribution is -2.37. The molecule has 0 saturated carbocycles. The van der Waals surface area contributed by atoms with Gasteiger partial charge >= 0.3 is 0 Å². The summed E-state index contributed by atoms with van der Waals surface area (Å²) in [6.07, 6.45) is -0.917. The van der Waals surface area contributed by atoms with Gasteiger partial charge in [-0.3, -0.25) is 14.9 Å².